The first-order valence-electron chi connectivity index (χ1n) is 6.02. The minimum Gasteiger partial charge on any atom is -0.492 e. The second-order valence-electron chi connectivity index (χ2n) is 4.07. The molecule has 1 atom stereocenters. The molecule has 1 heterocycles. The highest BCUT2D eigenvalue weighted by molar-refractivity contribution is 7.07. The number of thiophene rings is 1. The predicted molar refractivity (Wildman–Crippen MR) is 78.4 cm³/mol. The summed E-state index contributed by atoms with van der Waals surface area (Å²) in [4.78, 5) is 0. The van der Waals surface area contributed by atoms with E-state index in [-0.39, 0.29) is 6.04 Å². The topological polar surface area (TPSA) is 47.3 Å². The number of para-hydroxylation sites is 1. The van der Waals surface area contributed by atoms with Crippen LogP contribution in [0.3, 0.4) is 0 Å². The van der Waals surface area contributed by atoms with Crippen LogP contribution in [-0.2, 0) is 0 Å². The van der Waals surface area contributed by atoms with E-state index in [0.717, 1.165) is 11.4 Å². The molecule has 4 heteroatoms. The highest BCUT2D eigenvalue weighted by Crippen LogP contribution is 2.32. The zero-order valence-corrected chi connectivity index (χ0v) is 11.5. The monoisotopic (exact) mass is 262 g/mol. The van der Waals surface area contributed by atoms with Crippen molar-refractivity contribution in [3.8, 4) is 5.75 Å². The number of ether oxygens (including phenoxy) is 1. The van der Waals surface area contributed by atoms with Gasteiger partial charge in [0.2, 0.25) is 0 Å². The van der Waals surface area contributed by atoms with Crippen molar-refractivity contribution >= 4 is 22.7 Å². The van der Waals surface area contributed by atoms with Crippen molar-refractivity contribution in [2.24, 2.45) is 0 Å². The molecule has 3 N–H and O–H groups in total. The Bertz CT molecular complexity index is 497. The van der Waals surface area contributed by atoms with Crippen LogP contribution in [0.25, 0.3) is 0 Å². The highest BCUT2D eigenvalue weighted by atomic mass is 32.1. The van der Waals surface area contributed by atoms with Gasteiger partial charge in [-0.3, -0.25) is 0 Å². The van der Waals surface area contributed by atoms with E-state index in [1.807, 2.05) is 25.1 Å². The highest BCUT2D eigenvalue weighted by Gasteiger charge is 2.10. The summed E-state index contributed by atoms with van der Waals surface area (Å²) < 4.78 is 5.49. The summed E-state index contributed by atoms with van der Waals surface area (Å²) in [6.07, 6.45) is 0. The number of benzene rings is 1. The maximum Gasteiger partial charge on any atom is 0.144 e. The first-order chi connectivity index (χ1) is 8.72. The molecular formula is C14H18N2OS. The average Bonchev–Trinajstić information content (AvgIpc) is 2.88. The lowest BCUT2D eigenvalue weighted by Gasteiger charge is -2.17. The van der Waals surface area contributed by atoms with Crippen molar-refractivity contribution in [2.75, 3.05) is 17.7 Å². The van der Waals surface area contributed by atoms with E-state index < -0.39 is 0 Å². The second-order valence-corrected chi connectivity index (χ2v) is 4.85. The zero-order valence-electron chi connectivity index (χ0n) is 10.6. The lowest BCUT2D eigenvalue weighted by molar-refractivity contribution is 0.342. The van der Waals surface area contributed by atoms with Crippen LogP contribution in [0.4, 0.5) is 11.4 Å². The Morgan fingerprint density at radius 2 is 2.22 bits per heavy atom. The number of rotatable bonds is 5. The van der Waals surface area contributed by atoms with E-state index in [0.29, 0.717) is 12.3 Å². The van der Waals surface area contributed by atoms with Gasteiger partial charge in [-0.15, -0.1) is 0 Å². The van der Waals surface area contributed by atoms with Gasteiger partial charge in [0, 0.05) is 6.04 Å². The summed E-state index contributed by atoms with van der Waals surface area (Å²) >= 11 is 1.70. The molecule has 0 saturated heterocycles. The van der Waals surface area contributed by atoms with Crippen molar-refractivity contribution in [1.29, 1.82) is 0 Å². The van der Waals surface area contributed by atoms with E-state index in [9.17, 15) is 0 Å². The lowest BCUT2D eigenvalue weighted by atomic mass is 10.1. The Hall–Kier alpha value is -1.68. The molecule has 0 radical (unpaired) electrons. The van der Waals surface area contributed by atoms with Crippen molar-refractivity contribution in [1.82, 2.24) is 0 Å². The minimum absolute atomic E-state index is 0.232. The third-order valence-corrected chi connectivity index (χ3v) is 3.48. The van der Waals surface area contributed by atoms with Gasteiger partial charge in [-0.25, -0.2) is 0 Å². The van der Waals surface area contributed by atoms with Crippen molar-refractivity contribution in [2.45, 2.75) is 19.9 Å². The smallest absolute Gasteiger partial charge is 0.144 e. The van der Waals surface area contributed by atoms with Gasteiger partial charge in [0.1, 0.15) is 5.75 Å². The summed E-state index contributed by atoms with van der Waals surface area (Å²) in [5, 5.41) is 7.63. The van der Waals surface area contributed by atoms with E-state index in [4.69, 9.17) is 10.5 Å². The van der Waals surface area contributed by atoms with Crippen LogP contribution >= 0.6 is 11.3 Å². The fourth-order valence-electron chi connectivity index (χ4n) is 1.79. The molecule has 0 aliphatic rings. The quantitative estimate of drug-likeness (QED) is 0.803. The van der Waals surface area contributed by atoms with Crippen molar-refractivity contribution in [3.05, 3.63) is 40.6 Å². The molecule has 18 heavy (non-hydrogen) atoms. The molecule has 96 valence electrons. The van der Waals surface area contributed by atoms with Gasteiger partial charge in [-0.1, -0.05) is 6.07 Å². The first kappa shape index (κ1) is 12.8. The molecule has 1 unspecified atom stereocenters. The SMILES string of the molecule is CCOc1cccc(NC(C)c2ccsc2)c1N. The summed E-state index contributed by atoms with van der Waals surface area (Å²) in [5.41, 5.74) is 8.94. The minimum atomic E-state index is 0.232. The molecule has 0 aliphatic heterocycles. The van der Waals surface area contributed by atoms with Crippen molar-refractivity contribution < 1.29 is 4.74 Å². The maximum absolute atomic E-state index is 6.09. The van der Waals surface area contributed by atoms with Gasteiger partial charge in [0.15, 0.2) is 0 Å². The number of hydrogen-bond acceptors (Lipinski definition) is 4. The molecule has 0 amide bonds. The summed E-state index contributed by atoms with van der Waals surface area (Å²) in [7, 11) is 0. The second kappa shape index (κ2) is 5.78. The van der Waals surface area contributed by atoms with Gasteiger partial charge < -0.3 is 15.8 Å². The molecule has 0 spiro atoms. The molecule has 2 aromatic rings. The largest absolute Gasteiger partial charge is 0.492 e. The summed E-state index contributed by atoms with van der Waals surface area (Å²) in [6, 6.07) is 8.16. The normalized spacial score (nSPS) is 12.1. The molecule has 1 aromatic carbocycles. The molecule has 3 nitrogen and oxygen atoms in total. The van der Waals surface area contributed by atoms with E-state index in [1.165, 1.54) is 5.56 Å². The van der Waals surface area contributed by atoms with Gasteiger partial charge in [-0.05, 0) is 48.4 Å². The number of nitrogens with one attached hydrogen (secondary N) is 1. The Balaban J connectivity index is 2.16. The van der Waals surface area contributed by atoms with Crippen LogP contribution in [-0.4, -0.2) is 6.61 Å². The fraction of sp³-hybridized carbons (Fsp3) is 0.286. The van der Waals surface area contributed by atoms with Crippen LogP contribution in [0.2, 0.25) is 0 Å². The Morgan fingerprint density at radius 1 is 1.39 bits per heavy atom. The number of hydrogen-bond donors (Lipinski definition) is 2. The molecule has 0 aliphatic carbocycles. The van der Waals surface area contributed by atoms with E-state index >= 15 is 0 Å². The van der Waals surface area contributed by atoms with E-state index in [2.05, 4.69) is 29.1 Å². The number of nitrogens with two attached hydrogens (primary N) is 1. The molecule has 1 aromatic heterocycles. The molecule has 0 saturated carbocycles. The van der Waals surface area contributed by atoms with Crippen LogP contribution in [0.15, 0.2) is 35.0 Å². The lowest BCUT2D eigenvalue weighted by Crippen LogP contribution is -2.08. The van der Waals surface area contributed by atoms with Gasteiger partial charge in [0.05, 0.1) is 18.0 Å². The van der Waals surface area contributed by atoms with Crippen LogP contribution in [0.1, 0.15) is 25.5 Å². The van der Waals surface area contributed by atoms with Gasteiger partial charge in [0.25, 0.3) is 0 Å². The van der Waals surface area contributed by atoms with Crippen molar-refractivity contribution in [3.63, 3.8) is 0 Å². The average molecular weight is 262 g/mol. The fourth-order valence-corrected chi connectivity index (χ4v) is 2.54. The maximum atomic E-state index is 6.09. The van der Waals surface area contributed by atoms with Gasteiger partial charge in [-0.2, -0.15) is 11.3 Å². The van der Waals surface area contributed by atoms with E-state index in [1.54, 1.807) is 11.3 Å². The van der Waals surface area contributed by atoms with Gasteiger partial charge >= 0.3 is 0 Å². The predicted octanol–water partition coefficient (Wildman–Crippen LogP) is 3.90. The molecular weight excluding hydrogens is 244 g/mol. The number of nitrogen functional groups attached to an aromatic ring is 1. The molecule has 0 bridgehead atoms. The molecule has 2 rings (SSSR count). The summed E-state index contributed by atoms with van der Waals surface area (Å²) in [5.74, 6) is 0.736. The Morgan fingerprint density at radius 3 is 2.89 bits per heavy atom. The summed E-state index contributed by atoms with van der Waals surface area (Å²) in [6.45, 7) is 4.69. The third-order valence-electron chi connectivity index (χ3n) is 2.78. The third kappa shape index (κ3) is 2.76. The first-order valence-corrected chi connectivity index (χ1v) is 6.96. The standard InChI is InChI=1S/C14H18N2OS/c1-3-17-13-6-4-5-12(14(13)15)16-10(2)11-7-8-18-9-11/h4-10,16H,3,15H2,1-2H3. The van der Waals surface area contributed by atoms with Crippen LogP contribution < -0.4 is 15.8 Å². The Labute approximate surface area is 112 Å². The van der Waals surface area contributed by atoms with Crippen LogP contribution in [0, 0.1) is 0 Å². The number of anilines is 2. The van der Waals surface area contributed by atoms with Crippen LogP contribution in [0.5, 0.6) is 5.75 Å². The Kier molecular flexibility index (Phi) is 4.10. The molecule has 0 fully saturated rings. The zero-order chi connectivity index (χ0) is 13.0.